The average Bonchev–Trinajstić information content (AvgIpc) is 2.41. The first-order chi connectivity index (χ1) is 8.90. The van der Waals surface area contributed by atoms with Gasteiger partial charge < -0.3 is 10.1 Å². The van der Waals surface area contributed by atoms with Crippen LogP contribution in [0.15, 0.2) is 28.2 Å². The van der Waals surface area contributed by atoms with E-state index in [-0.39, 0.29) is 18.0 Å². The van der Waals surface area contributed by atoms with E-state index in [9.17, 15) is 18.3 Å². The van der Waals surface area contributed by atoms with E-state index in [1.807, 2.05) is 13.8 Å². The predicted molar refractivity (Wildman–Crippen MR) is 72.4 cm³/mol. The first-order valence-corrected chi connectivity index (χ1v) is 7.67. The summed E-state index contributed by atoms with van der Waals surface area (Å²) in [7, 11) is -3.86. The summed E-state index contributed by atoms with van der Waals surface area (Å²) in [6.45, 7) is 3.79. The van der Waals surface area contributed by atoms with Crippen molar-refractivity contribution in [3.63, 3.8) is 0 Å². The number of aliphatic hydroxyl groups excluding tert-OH is 1. The van der Waals surface area contributed by atoms with E-state index in [2.05, 4.69) is 9.71 Å². The number of hydrogen-bond donors (Lipinski definition) is 3. The maximum absolute atomic E-state index is 12.0. The lowest BCUT2D eigenvalue weighted by Gasteiger charge is -2.29. The Morgan fingerprint density at radius 2 is 2.00 bits per heavy atom. The molecule has 0 unspecified atom stereocenters. The van der Waals surface area contributed by atoms with Gasteiger partial charge in [-0.3, -0.25) is 4.79 Å². The minimum atomic E-state index is -3.86. The summed E-state index contributed by atoms with van der Waals surface area (Å²) in [4.78, 5) is 13.8. The molecule has 108 valence electrons. The highest BCUT2D eigenvalue weighted by Crippen LogP contribution is 2.24. The summed E-state index contributed by atoms with van der Waals surface area (Å²) in [6.07, 6.45) is 3.82. The summed E-state index contributed by atoms with van der Waals surface area (Å²) in [5.41, 5.74) is -1.05. The van der Waals surface area contributed by atoms with Crippen molar-refractivity contribution in [3.05, 3.63) is 28.7 Å². The van der Waals surface area contributed by atoms with Gasteiger partial charge in [-0.2, -0.15) is 0 Å². The third-order valence-corrected chi connectivity index (χ3v) is 4.97. The van der Waals surface area contributed by atoms with Crippen molar-refractivity contribution in [2.45, 2.75) is 31.6 Å². The van der Waals surface area contributed by atoms with Crippen LogP contribution < -0.4 is 10.2 Å². The number of hydrogen-bond acceptors (Lipinski definition) is 4. The van der Waals surface area contributed by atoms with Crippen molar-refractivity contribution < 1.29 is 13.5 Å². The zero-order valence-electron chi connectivity index (χ0n) is 11.1. The van der Waals surface area contributed by atoms with Gasteiger partial charge in [-0.1, -0.05) is 13.8 Å². The predicted octanol–water partition coefficient (Wildman–Crippen LogP) is 0.452. The highest BCUT2D eigenvalue weighted by Gasteiger charge is 2.28. The van der Waals surface area contributed by atoms with Crippen molar-refractivity contribution in [2.24, 2.45) is 5.41 Å². The van der Waals surface area contributed by atoms with E-state index in [4.69, 9.17) is 0 Å². The fraction of sp³-hybridized carbons (Fsp3) is 0.583. The smallest absolute Gasteiger partial charge is 0.245 e. The number of aliphatic hydroxyl groups is 1. The van der Waals surface area contributed by atoms with Crippen LogP contribution in [0.4, 0.5) is 0 Å². The van der Waals surface area contributed by atoms with E-state index < -0.39 is 20.9 Å². The lowest BCUT2D eigenvalue weighted by Crippen LogP contribution is -2.40. The van der Waals surface area contributed by atoms with Gasteiger partial charge in [0.25, 0.3) is 0 Å². The molecule has 0 amide bonds. The molecule has 0 spiro atoms. The van der Waals surface area contributed by atoms with Crippen LogP contribution in [0.1, 0.15) is 26.7 Å². The average molecular weight is 288 g/mol. The van der Waals surface area contributed by atoms with E-state index in [1.54, 1.807) is 0 Å². The second-order valence-electron chi connectivity index (χ2n) is 4.56. The number of H-pyrrole nitrogens is 1. The van der Waals surface area contributed by atoms with E-state index >= 15 is 0 Å². The second-order valence-corrected chi connectivity index (χ2v) is 6.30. The fourth-order valence-electron chi connectivity index (χ4n) is 1.72. The first kappa shape index (κ1) is 15.9. The standard InChI is InChI=1S/C12H20N2O4S/c1-3-12(4-2,9-15)8-14-19(17,18)11-7-13-6-5-10(11)16/h5-7,14-15H,3-4,8-9H2,1-2H3,(H,13,16). The molecule has 0 aliphatic rings. The number of nitrogens with one attached hydrogen (secondary N) is 2. The van der Waals surface area contributed by atoms with Crippen molar-refractivity contribution >= 4 is 10.0 Å². The molecule has 7 heteroatoms. The van der Waals surface area contributed by atoms with Crippen molar-refractivity contribution in [2.75, 3.05) is 13.2 Å². The number of pyridine rings is 1. The Bertz CT molecular complexity index is 553. The Labute approximate surface area is 112 Å². The molecular formula is C12H20N2O4S. The maximum atomic E-state index is 12.0. The molecule has 0 aliphatic carbocycles. The van der Waals surface area contributed by atoms with Gasteiger partial charge >= 0.3 is 0 Å². The van der Waals surface area contributed by atoms with Crippen LogP contribution >= 0.6 is 0 Å². The van der Waals surface area contributed by atoms with Gasteiger partial charge in [0.2, 0.25) is 15.5 Å². The monoisotopic (exact) mass is 288 g/mol. The van der Waals surface area contributed by atoms with Gasteiger partial charge in [-0.25, -0.2) is 13.1 Å². The molecule has 3 N–H and O–H groups in total. The Morgan fingerprint density at radius 3 is 2.47 bits per heavy atom. The molecule has 1 aromatic rings. The molecule has 0 atom stereocenters. The Hall–Kier alpha value is -1.18. The molecule has 1 aromatic heterocycles. The van der Waals surface area contributed by atoms with Gasteiger partial charge in [0.15, 0.2) is 0 Å². The molecule has 0 saturated carbocycles. The lowest BCUT2D eigenvalue weighted by molar-refractivity contribution is 0.119. The molecule has 0 saturated heterocycles. The van der Waals surface area contributed by atoms with Gasteiger partial charge in [-0.05, 0) is 12.8 Å². The molecule has 0 aliphatic heterocycles. The normalized spacial score (nSPS) is 12.6. The molecule has 0 bridgehead atoms. The van der Waals surface area contributed by atoms with Gasteiger partial charge in [0.05, 0.1) is 0 Å². The maximum Gasteiger partial charge on any atom is 0.245 e. The molecular weight excluding hydrogens is 268 g/mol. The van der Waals surface area contributed by atoms with Crippen LogP contribution in [0.5, 0.6) is 0 Å². The summed E-state index contributed by atoms with van der Waals surface area (Å²) < 4.78 is 26.5. The van der Waals surface area contributed by atoms with Crippen LogP contribution in [0, 0.1) is 5.41 Å². The Morgan fingerprint density at radius 1 is 1.37 bits per heavy atom. The molecule has 1 heterocycles. The quantitative estimate of drug-likeness (QED) is 0.678. The number of rotatable bonds is 7. The number of aromatic nitrogens is 1. The van der Waals surface area contributed by atoms with Gasteiger partial charge in [0.1, 0.15) is 4.90 Å². The zero-order chi connectivity index (χ0) is 14.5. The summed E-state index contributed by atoms with van der Waals surface area (Å²) in [6, 6.07) is 1.16. The minimum absolute atomic E-state index is 0.104. The topological polar surface area (TPSA) is 99.3 Å². The van der Waals surface area contributed by atoms with Crippen LogP contribution in [-0.2, 0) is 10.0 Å². The van der Waals surface area contributed by atoms with E-state index in [1.165, 1.54) is 6.20 Å². The molecule has 6 nitrogen and oxygen atoms in total. The SMILES string of the molecule is CCC(CC)(CO)CNS(=O)(=O)c1c[nH]ccc1=O. The molecule has 0 fully saturated rings. The van der Waals surface area contributed by atoms with Crippen molar-refractivity contribution in [3.8, 4) is 0 Å². The zero-order valence-corrected chi connectivity index (χ0v) is 12.0. The summed E-state index contributed by atoms with van der Waals surface area (Å²) in [5.74, 6) is 0. The third kappa shape index (κ3) is 3.65. The highest BCUT2D eigenvalue weighted by atomic mass is 32.2. The molecule has 0 aromatic carbocycles. The van der Waals surface area contributed by atoms with E-state index in [0.29, 0.717) is 12.8 Å². The van der Waals surface area contributed by atoms with Crippen molar-refractivity contribution in [1.82, 2.24) is 9.71 Å². The highest BCUT2D eigenvalue weighted by molar-refractivity contribution is 7.89. The van der Waals surface area contributed by atoms with Crippen LogP contribution in [0.3, 0.4) is 0 Å². The third-order valence-electron chi connectivity index (χ3n) is 3.55. The van der Waals surface area contributed by atoms with Gasteiger partial charge in [0, 0.05) is 37.0 Å². The minimum Gasteiger partial charge on any atom is -0.396 e. The van der Waals surface area contributed by atoms with Crippen LogP contribution in [-0.4, -0.2) is 31.7 Å². The van der Waals surface area contributed by atoms with Crippen LogP contribution in [0.25, 0.3) is 0 Å². The summed E-state index contributed by atoms with van der Waals surface area (Å²) in [5, 5.41) is 9.40. The lowest BCUT2D eigenvalue weighted by atomic mass is 9.84. The van der Waals surface area contributed by atoms with Crippen LogP contribution in [0.2, 0.25) is 0 Å². The Balaban J connectivity index is 2.94. The van der Waals surface area contributed by atoms with E-state index in [0.717, 1.165) is 12.3 Å². The Kier molecular flexibility index (Phi) is 5.28. The molecule has 1 rings (SSSR count). The summed E-state index contributed by atoms with van der Waals surface area (Å²) >= 11 is 0. The van der Waals surface area contributed by atoms with Gasteiger partial charge in [-0.15, -0.1) is 0 Å². The number of sulfonamides is 1. The molecule has 19 heavy (non-hydrogen) atoms. The molecule has 0 radical (unpaired) electrons. The van der Waals surface area contributed by atoms with Crippen molar-refractivity contribution in [1.29, 1.82) is 0 Å². The largest absolute Gasteiger partial charge is 0.396 e. The number of aromatic amines is 1. The fourth-order valence-corrected chi connectivity index (χ4v) is 2.92. The second kappa shape index (κ2) is 6.31. The first-order valence-electron chi connectivity index (χ1n) is 6.18.